The molecule has 0 saturated carbocycles. The van der Waals surface area contributed by atoms with Crippen LogP contribution in [0, 0.1) is 23.7 Å². The molecule has 5 nitrogen and oxygen atoms in total. The number of allylic oxidation sites excluding steroid dienone is 2. The predicted molar refractivity (Wildman–Crippen MR) is 130 cm³/mol. The molecule has 2 aliphatic heterocycles. The summed E-state index contributed by atoms with van der Waals surface area (Å²) in [4.78, 5) is 27.7. The van der Waals surface area contributed by atoms with Crippen molar-refractivity contribution in [3.8, 4) is 5.75 Å². The Labute approximate surface area is 201 Å². The largest absolute Gasteiger partial charge is 0.508 e. The number of hydrogen-bond donors (Lipinski definition) is 1. The van der Waals surface area contributed by atoms with Crippen LogP contribution in [0.25, 0.3) is 6.08 Å². The summed E-state index contributed by atoms with van der Waals surface area (Å²) in [7, 11) is 0. The summed E-state index contributed by atoms with van der Waals surface area (Å²) < 4.78 is 6.28. The summed E-state index contributed by atoms with van der Waals surface area (Å²) in [6.45, 7) is 9.46. The van der Waals surface area contributed by atoms with E-state index < -0.39 is 0 Å². The lowest BCUT2D eigenvalue weighted by Crippen LogP contribution is -2.35. The van der Waals surface area contributed by atoms with E-state index in [1.54, 1.807) is 12.1 Å². The molecular formula is C27H34ClNO4. The molecule has 2 heterocycles. The number of imide groups is 1. The molecule has 2 saturated heterocycles. The quantitative estimate of drug-likeness (QED) is 0.414. The zero-order chi connectivity index (χ0) is 23.9. The van der Waals surface area contributed by atoms with E-state index in [2.05, 4.69) is 20.8 Å². The number of aromatic hydroxyl groups is 1. The number of benzene rings is 1. The normalized spacial score (nSPS) is 27.6. The van der Waals surface area contributed by atoms with E-state index in [-0.39, 0.29) is 41.4 Å². The van der Waals surface area contributed by atoms with Gasteiger partial charge in [0.25, 0.3) is 0 Å². The maximum atomic E-state index is 13.2. The van der Waals surface area contributed by atoms with Gasteiger partial charge in [-0.15, -0.1) is 0 Å². The fraction of sp³-hybridized carbons (Fsp3) is 0.556. The van der Waals surface area contributed by atoms with E-state index >= 15 is 0 Å². The number of amides is 2. The van der Waals surface area contributed by atoms with Gasteiger partial charge in [-0.3, -0.25) is 14.5 Å². The number of carbonyl (C=O) groups is 2. The van der Waals surface area contributed by atoms with Crippen LogP contribution in [0.1, 0.15) is 58.9 Å². The first-order valence-electron chi connectivity index (χ1n) is 12.1. The molecule has 0 spiro atoms. The molecule has 0 aromatic heterocycles. The van der Waals surface area contributed by atoms with Crippen molar-refractivity contribution in [2.45, 2.75) is 59.5 Å². The van der Waals surface area contributed by atoms with Crippen LogP contribution in [0.2, 0.25) is 5.02 Å². The third kappa shape index (κ3) is 4.50. The average molecular weight is 472 g/mol. The van der Waals surface area contributed by atoms with Gasteiger partial charge >= 0.3 is 0 Å². The maximum Gasteiger partial charge on any atom is 0.233 e. The summed E-state index contributed by atoms with van der Waals surface area (Å²) in [5.74, 6) is 0.0104. The minimum Gasteiger partial charge on any atom is -0.508 e. The Hall–Kier alpha value is -2.11. The minimum absolute atomic E-state index is 0.000505. The summed E-state index contributed by atoms with van der Waals surface area (Å²) in [5.41, 5.74) is 4.65. The van der Waals surface area contributed by atoms with Crippen LogP contribution in [0.4, 0.5) is 0 Å². The van der Waals surface area contributed by atoms with Crippen LogP contribution < -0.4 is 0 Å². The van der Waals surface area contributed by atoms with E-state index in [1.807, 2.05) is 19.1 Å². The van der Waals surface area contributed by atoms with E-state index in [1.165, 1.54) is 21.6 Å². The zero-order valence-corrected chi connectivity index (χ0v) is 20.7. The highest BCUT2D eigenvalue weighted by Gasteiger charge is 2.56. The summed E-state index contributed by atoms with van der Waals surface area (Å²) >= 11 is 6.26. The van der Waals surface area contributed by atoms with E-state index in [0.29, 0.717) is 30.5 Å². The number of halogens is 1. The van der Waals surface area contributed by atoms with Crippen LogP contribution >= 0.6 is 11.6 Å². The van der Waals surface area contributed by atoms with Crippen molar-refractivity contribution in [3.63, 3.8) is 0 Å². The van der Waals surface area contributed by atoms with Gasteiger partial charge in [-0.2, -0.15) is 0 Å². The van der Waals surface area contributed by atoms with Crippen molar-refractivity contribution in [2.24, 2.45) is 23.7 Å². The topological polar surface area (TPSA) is 66.8 Å². The molecule has 0 radical (unpaired) electrons. The zero-order valence-electron chi connectivity index (χ0n) is 19.9. The molecule has 33 heavy (non-hydrogen) atoms. The summed E-state index contributed by atoms with van der Waals surface area (Å²) in [5, 5.41) is 10.1. The van der Waals surface area contributed by atoms with Gasteiger partial charge in [0.2, 0.25) is 11.8 Å². The molecule has 3 aliphatic rings. The number of ether oxygens (including phenoxy) is 1. The number of carbonyl (C=O) groups excluding carboxylic acids is 2. The van der Waals surface area contributed by atoms with E-state index in [0.717, 1.165) is 24.8 Å². The van der Waals surface area contributed by atoms with Gasteiger partial charge in [0.15, 0.2) is 0 Å². The number of rotatable bonds is 7. The molecular weight excluding hydrogens is 438 g/mol. The maximum absolute atomic E-state index is 13.2. The fourth-order valence-corrected chi connectivity index (χ4v) is 6.03. The van der Waals surface area contributed by atoms with E-state index in [4.69, 9.17) is 16.3 Å². The van der Waals surface area contributed by atoms with Gasteiger partial charge in [0.05, 0.1) is 29.6 Å². The van der Waals surface area contributed by atoms with Crippen molar-refractivity contribution in [1.29, 1.82) is 0 Å². The Kier molecular flexibility index (Phi) is 7.01. The Morgan fingerprint density at radius 3 is 2.70 bits per heavy atom. The third-order valence-corrected chi connectivity index (χ3v) is 7.69. The highest BCUT2D eigenvalue weighted by molar-refractivity contribution is 6.32. The van der Waals surface area contributed by atoms with E-state index in [9.17, 15) is 14.7 Å². The van der Waals surface area contributed by atoms with Crippen LogP contribution in [-0.4, -0.2) is 41.1 Å². The van der Waals surface area contributed by atoms with Gasteiger partial charge in [-0.25, -0.2) is 0 Å². The predicted octanol–water partition coefficient (Wildman–Crippen LogP) is 5.61. The second-order valence-electron chi connectivity index (χ2n) is 9.96. The second kappa shape index (κ2) is 9.63. The van der Waals surface area contributed by atoms with Gasteiger partial charge in [0.1, 0.15) is 5.75 Å². The lowest BCUT2D eigenvalue weighted by Gasteiger charge is -2.33. The summed E-state index contributed by atoms with van der Waals surface area (Å²) in [6.07, 6.45) is 5.16. The van der Waals surface area contributed by atoms with Crippen molar-refractivity contribution < 1.29 is 19.4 Å². The van der Waals surface area contributed by atoms with Crippen molar-refractivity contribution in [3.05, 3.63) is 45.5 Å². The molecule has 1 aromatic carbocycles. The number of fused-ring (bicyclic) bond motifs is 3. The Morgan fingerprint density at radius 1 is 1.27 bits per heavy atom. The van der Waals surface area contributed by atoms with Crippen molar-refractivity contribution in [1.82, 2.24) is 4.90 Å². The molecule has 2 fully saturated rings. The van der Waals surface area contributed by atoms with Crippen LogP contribution in [-0.2, 0) is 14.3 Å². The van der Waals surface area contributed by atoms with Crippen molar-refractivity contribution >= 4 is 29.5 Å². The first kappa shape index (κ1) is 24.0. The monoisotopic (exact) mass is 471 g/mol. The number of phenols is 1. The number of hydrogen-bond acceptors (Lipinski definition) is 4. The first-order valence-corrected chi connectivity index (χ1v) is 12.5. The van der Waals surface area contributed by atoms with Gasteiger partial charge in [-0.05, 0) is 67.9 Å². The fourth-order valence-electron chi connectivity index (χ4n) is 5.80. The number of phenolic OH excluding ortho intramolecular Hbond substituents is 1. The highest BCUT2D eigenvalue weighted by Crippen LogP contribution is 2.51. The third-order valence-electron chi connectivity index (χ3n) is 7.37. The second-order valence-corrected chi connectivity index (χ2v) is 10.4. The minimum atomic E-state index is -0.265. The molecule has 2 amide bonds. The molecule has 1 N–H and O–H groups in total. The molecule has 1 aliphatic carbocycles. The molecule has 4 atom stereocenters. The van der Waals surface area contributed by atoms with Crippen LogP contribution in [0.15, 0.2) is 34.9 Å². The van der Waals surface area contributed by atoms with Gasteiger partial charge in [0, 0.05) is 12.5 Å². The standard InChI is InChI=1S/C27H34ClNO4/c1-5-10-29-26(31)20-13-19(15(2)3)24-21(25(20)27(29)32)14-33-23(24)9-6-16(4)11-17-7-8-18(30)12-22(17)28/h7-8,11-12,15,20-21,23,25,30H,5-6,9-10,13-14H2,1-4H3/b16-11+/t20-,21+,23-,25-/m1/s1. The Bertz CT molecular complexity index is 1010. The number of likely N-dealkylation sites (tertiary alicyclic amines) is 1. The van der Waals surface area contributed by atoms with Crippen LogP contribution in [0.5, 0.6) is 5.75 Å². The van der Waals surface area contributed by atoms with Crippen molar-refractivity contribution in [2.75, 3.05) is 13.2 Å². The smallest absolute Gasteiger partial charge is 0.233 e. The average Bonchev–Trinajstić information content (AvgIpc) is 3.28. The lowest BCUT2D eigenvalue weighted by molar-refractivity contribution is -0.140. The molecule has 6 heteroatoms. The lowest BCUT2D eigenvalue weighted by atomic mass is 9.67. The molecule has 0 unspecified atom stereocenters. The Morgan fingerprint density at radius 2 is 2.03 bits per heavy atom. The van der Waals surface area contributed by atoms with Gasteiger partial charge < -0.3 is 9.84 Å². The SMILES string of the molecule is CCCN1C(=O)[C@@H]2[C@@H](CC(C(C)C)=C3[C@@H](CC/C(C)=C/c4ccc(O)cc4Cl)OC[C@@H]32)C1=O. The highest BCUT2D eigenvalue weighted by atomic mass is 35.5. The Balaban J connectivity index is 1.54. The number of nitrogens with zero attached hydrogens (tertiary/aromatic N) is 1. The first-order chi connectivity index (χ1) is 15.7. The molecule has 1 aromatic rings. The van der Waals surface area contributed by atoms with Gasteiger partial charge in [-0.1, -0.05) is 49.6 Å². The molecule has 178 valence electrons. The molecule has 0 bridgehead atoms. The molecule has 4 rings (SSSR count). The summed E-state index contributed by atoms with van der Waals surface area (Å²) in [6, 6.07) is 5.00. The van der Waals surface area contributed by atoms with Crippen LogP contribution in [0.3, 0.4) is 0 Å².